The van der Waals surface area contributed by atoms with Gasteiger partial charge in [-0.3, -0.25) is 11.3 Å². The van der Waals surface area contributed by atoms with Crippen LogP contribution < -0.4 is 11.3 Å². The molecule has 19 heavy (non-hydrogen) atoms. The minimum Gasteiger partial charge on any atom is -0.464 e. The molecule has 0 aliphatic rings. The number of rotatable bonds is 5. The molecule has 2 aromatic rings. The van der Waals surface area contributed by atoms with Crippen molar-refractivity contribution in [2.75, 3.05) is 0 Å². The normalized spacial score (nSPS) is 13.9. The molecule has 0 aliphatic heterocycles. The van der Waals surface area contributed by atoms with Crippen LogP contribution in [0.2, 0.25) is 0 Å². The highest BCUT2D eigenvalue weighted by atomic mass is 16.3. The highest BCUT2D eigenvalue weighted by molar-refractivity contribution is 5.81. The lowest BCUT2D eigenvalue weighted by Gasteiger charge is -2.20. The second-order valence-corrected chi connectivity index (χ2v) is 6.36. The van der Waals surface area contributed by atoms with Gasteiger partial charge in [0, 0.05) is 17.0 Å². The number of fused-ring (bicyclic) bond motifs is 1. The van der Waals surface area contributed by atoms with E-state index >= 15 is 0 Å². The van der Waals surface area contributed by atoms with Crippen LogP contribution in [0.1, 0.15) is 51.6 Å². The Morgan fingerprint density at radius 2 is 2.00 bits per heavy atom. The van der Waals surface area contributed by atoms with Crippen LogP contribution >= 0.6 is 0 Å². The third-order valence-electron chi connectivity index (χ3n) is 3.51. The van der Waals surface area contributed by atoms with E-state index in [0.717, 1.165) is 29.4 Å². The first-order valence-electron chi connectivity index (χ1n) is 6.93. The molecule has 3 heteroatoms. The van der Waals surface area contributed by atoms with Gasteiger partial charge in [-0.05, 0) is 24.3 Å². The van der Waals surface area contributed by atoms with Crippen LogP contribution in [0.4, 0.5) is 0 Å². The van der Waals surface area contributed by atoms with Crippen molar-refractivity contribution in [3.63, 3.8) is 0 Å². The first kappa shape index (κ1) is 14.1. The molecule has 3 nitrogen and oxygen atoms in total. The molecule has 0 radical (unpaired) electrons. The number of nitrogens with one attached hydrogen (secondary N) is 1. The summed E-state index contributed by atoms with van der Waals surface area (Å²) in [6, 6.07) is 8.25. The summed E-state index contributed by atoms with van der Waals surface area (Å²) in [5.74, 6) is 5.71. The molecule has 0 bridgehead atoms. The maximum Gasteiger partial charge on any atom is 0.134 e. The largest absolute Gasteiger partial charge is 0.464 e. The number of furan rings is 1. The molecule has 3 N–H and O–H groups in total. The highest BCUT2D eigenvalue weighted by Gasteiger charge is 2.17. The Morgan fingerprint density at radius 1 is 1.26 bits per heavy atom. The number of benzene rings is 1. The van der Waals surface area contributed by atoms with Crippen molar-refractivity contribution >= 4 is 11.0 Å². The Balaban J connectivity index is 2.09. The van der Waals surface area contributed by atoms with E-state index in [4.69, 9.17) is 10.3 Å². The summed E-state index contributed by atoms with van der Waals surface area (Å²) in [5, 5.41) is 1.15. The van der Waals surface area contributed by atoms with Crippen molar-refractivity contribution < 1.29 is 4.42 Å². The lowest BCUT2D eigenvalue weighted by atomic mass is 9.88. The third kappa shape index (κ3) is 3.58. The Morgan fingerprint density at radius 3 is 2.68 bits per heavy atom. The van der Waals surface area contributed by atoms with Gasteiger partial charge in [0.05, 0.1) is 6.26 Å². The Bertz CT molecular complexity index is 525. The van der Waals surface area contributed by atoms with Crippen LogP contribution in [0.25, 0.3) is 11.0 Å². The monoisotopic (exact) mass is 260 g/mol. The van der Waals surface area contributed by atoms with Gasteiger partial charge in [-0.25, -0.2) is 0 Å². The summed E-state index contributed by atoms with van der Waals surface area (Å²) in [7, 11) is 0. The molecular weight excluding hydrogens is 236 g/mol. The minimum absolute atomic E-state index is 0.158. The zero-order valence-electron chi connectivity index (χ0n) is 12.1. The van der Waals surface area contributed by atoms with E-state index in [-0.39, 0.29) is 6.04 Å². The second kappa shape index (κ2) is 5.76. The molecule has 104 valence electrons. The predicted octanol–water partition coefficient (Wildman–Crippen LogP) is 4.15. The Kier molecular flexibility index (Phi) is 4.27. The molecule has 1 atom stereocenters. The average Bonchev–Trinajstić information content (AvgIpc) is 2.77. The summed E-state index contributed by atoms with van der Waals surface area (Å²) in [4.78, 5) is 0. The van der Waals surface area contributed by atoms with Gasteiger partial charge in [-0.1, -0.05) is 45.4 Å². The maximum absolute atomic E-state index is 5.71. The van der Waals surface area contributed by atoms with E-state index in [2.05, 4.69) is 32.3 Å². The SMILES string of the molecule is CC(C)(C)CCCC(NN)c1coc2ccccc12. The summed E-state index contributed by atoms with van der Waals surface area (Å²) in [6.07, 6.45) is 5.20. The van der Waals surface area contributed by atoms with E-state index in [1.807, 2.05) is 24.5 Å². The molecular formula is C16H24N2O. The van der Waals surface area contributed by atoms with Gasteiger partial charge < -0.3 is 4.42 Å². The zero-order chi connectivity index (χ0) is 13.9. The molecule has 1 aromatic heterocycles. The summed E-state index contributed by atoms with van der Waals surface area (Å²) >= 11 is 0. The maximum atomic E-state index is 5.71. The molecule has 0 spiro atoms. The lowest BCUT2D eigenvalue weighted by molar-refractivity contribution is 0.344. The molecule has 1 heterocycles. The number of hydrogen-bond acceptors (Lipinski definition) is 3. The first-order valence-corrected chi connectivity index (χ1v) is 6.93. The molecule has 0 saturated carbocycles. The lowest BCUT2D eigenvalue weighted by Crippen LogP contribution is -2.28. The highest BCUT2D eigenvalue weighted by Crippen LogP contribution is 2.30. The quantitative estimate of drug-likeness (QED) is 0.627. The zero-order valence-corrected chi connectivity index (χ0v) is 12.1. The van der Waals surface area contributed by atoms with Gasteiger partial charge in [0.2, 0.25) is 0 Å². The first-order chi connectivity index (χ1) is 9.01. The molecule has 1 unspecified atom stereocenters. The summed E-state index contributed by atoms with van der Waals surface area (Å²) < 4.78 is 5.58. The summed E-state index contributed by atoms with van der Waals surface area (Å²) in [6.45, 7) is 6.81. The van der Waals surface area contributed by atoms with Crippen LogP contribution in [-0.2, 0) is 0 Å². The van der Waals surface area contributed by atoms with Crippen LogP contribution in [0.5, 0.6) is 0 Å². The second-order valence-electron chi connectivity index (χ2n) is 6.36. The van der Waals surface area contributed by atoms with Gasteiger partial charge >= 0.3 is 0 Å². The van der Waals surface area contributed by atoms with Gasteiger partial charge in [-0.2, -0.15) is 0 Å². The van der Waals surface area contributed by atoms with Crippen molar-refractivity contribution in [2.24, 2.45) is 11.3 Å². The third-order valence-corrected chi connectivity index (χ3v) is 3.51. The molecule has 1 aromatic carbocycles. The molecule has 0 fully saturated rings. The van der Waals surface area contributed by atoms with Gasteiger partial charge in [0.25, 0.3) is 0 Å². The van der Waals surface area contributed by atoms with E-state index in [9.17, 15) is 0 Å². The van der Waals surface area contributed by atoms with E-state index < -0.39 is 0 Å². The molecule has 0 saturated heterocycles. The van der Waals surface area contributed by atoms with E-state index in [1.54, 1.807) is 0 Å². The molecule has 0 amide bonds. The number of hydrogen-bond donors (Lipinski definition) is 2. The van der Waals surface area contributed by atoms with Gasteiger partial charge in [0.1, 0.15) is 5.58 Å². The van der Waals surface area contributed by atoms with Crippen LogP contribution in [0.15, 0.2) is 34.9 Å². The molecule has 2 rings (SSSR count). The standard InChI is InChI=1S/C16H24N2O/c1-16(2,3)10-6-8-14(18-17)13-11-19-15-9-5-4-7-12(13)15/h4-5,7,9,11,14,18H,6,8,10,17H2,1-3H3. The van der Waals surface area contributed by atoms with Crippen molar-refractivity contribution in [1.29, 1.82) is 0 Å². The topological polar surface area (TPSA) is 51.2 Å². The van der Waals surface area contributed by atoms with Crippen LogP contribution in [0.3, 0.4) is 0 Å². The van der Waals surface area contributed by atoms with E-state index in [1.165, 1.54) is 6.42 Å². The van der Waals surface area contributed by atoms with Crippen molar-refractivity contribution in [3.8, 4) is 0 Å². The average molecular weight is 260 g/mol. The predicted molar refractivity (Wildman–Crippen MR) is 79.6 cm³/mol. The minimum atomic E-state index is 0.158. The fraction of sp³-hybridized carbons (Fsp3) is 0.500. The molecule has 0 aliphatic carbocycles. The number of nitrogens with two attached hydrogens (primary N) is 1. The van der Waals surface area contributed by atoms with Crippen LogP contribution in [0, 0.1) is 5.41 Å². The number of para-hydroxylation sites is 1. The smallest absolute Gasteiger partial charge is 0.134 e. The van der Waals surface area contributed by atoms with Gasteiger partial charge in [-0.15, -0.1) is 0 Å². The van der Waals surface area contributed by atoms with E-state index in [0.29, 0.717) is 5.41 Å². The Hall–Kier alpha value is -1.32. The van der Waals surface area contributed by atoms with Crippen molar-refractivity contribution in [2.45, 2.75) is 46.1 Å². The number of hydrazine groups is 1. The van der Waals surface area contributed by atoms with Gasteiger partial charge in [0.15, 0.2) is 0 Å². The Labute approximate surface area is 115 Å². The fourth-order valence-corrected chi connectivity index (χ4v) is 2.43. The van der Waals surface area contributed by atoms with Crippen molar-refractivity contribution in [3.05, 3.63) is 36.1 Å². The van der Waals surface area contributed by atoms with Crippen LogP contribution in [-0.4, -0.2) is 0 Å². The van der Waals surface area contributed by atoms with Crippen molar-refractivity contribution in [1.82, 2.24) is 5.43 Å². The summed E-state index contributed by atoms with van der Waals surface area (Å²) in [5.41, 5.74) is 5.38. The fourth-order valence-electron chi connectivity index (χ4n) is 2.43.